The molecule has 0 bridgehead atoms. The normalized spacial score (nSPS) is 15.9. The first kappa shape index (κ1) is 22.9. The molecule has 4 aromatic rings. The molecule has 0 radical (unpaired) electrons. The Hall–Kier alpha value is -3.91. The van der Waals surface area contributed by atoms with Crippen molar-refractivity contribution in [3.63, 3.8) is 0 Å². The van der Waals surface area contributed by atoms with E-state index in [1.807, 2.05) is 31.2 Å². The van der Waals surface area contributed by atoms with Crippen LogP contribution >= 0.6 is 11.3 Å². The van der Waals surface area contributed by atoms with Crippen molar-refractivity contribution in [1.82, 2.24) is 4.98 Å². The van der Waals surface area contributed by atoms with Gasteiger partial charge in [0.1, 0.15) is 5.75 Å². The van der Waals surface area contributed by atoms with Crippen LogP contribution in [0.25, 0.3) is 10.2 Å². The fraction of sp³-hybridized carbons (Fsp3) is 0.222. The van der Waals surface area contributed by atoms with E-state index in [0.717, 1.165) is 28.6 Å². The number of furan rings is 1. The number of amides is 1. The average Bonchev–Trinajstić information content (AvgIpc) is 3.61. The Morgan fingerprint density at radius 1 is 1.17 bits per heavy atom. The van der Waals surface area contributed by atoms with Crippen molar-refractivity contribution in [1.29, 1.82) is 0 Å². The number of rotatable bonds is 8. The second-order valence-corrected chi connectivity index (χ2v) is 9.23. The van der Waals surface area contributed by atoms with Gasteiger partial charge in [0, 0.05) is 0 Å². The molecule has 8 heteroatoms. The highest BCUT2D eigenvalue weighted by Crippen LogP contribution is 2.44. The molecule has 7 nitrogen and oxygen atoms in total. The Morgan fingerprint density at radius 3 is 2.77 bits per heavy atom. The average molecular weight is 489 g/mol. The maximum absolute atomic E-state index is 13.4. The Kier molecular flexibility index (Phi) is 6.13. The third kappa shape index (κ3) is 4.10. The van der Waals surface area contributed by atoms with E-state index < -0.39 is 23.5 Å². The summed E-state index contributed by atoms with van der Waals surface area (Å²) in [6, 6.07) is 15.4. The van der Waals surface area contributed by atoms with Gasteiger partial charge in [-0.05, 0) is 60.4 Å². The molecule has 3 heterocycles. The van der Waals surface area contributed by atoms with Crippen molar-refractivity contribution >= 4 is 38.4 Å². The number of carbonyl (C=O) groups is 2. The summed E-state index contributed by atoms with van der Waals surface area (Å²) in [5, 5.41) is 11.3. The minimum atomic E-state index is -0.892. The van der Waals surface area contributed by atoms with Crippen LogP contribution in [0.5, 0.6) is 5.75 Å². The first-order valence-electron chi connectivity index (χ1n) is 11.5. The lowest BCUT2D eigenvalue weighted by Crippen LogP contribution is -2.31. The summed E-state index contributed by atoms with van der Waals surface area (Å²) in [5.74, 6) is -1.18. The van der Waals surface area contributed by atoms with Crippen LogP contribution in [-0.2, 0) is 11.2 Å². The molecule has 0 unspecified atom stereocenters. The topological polar surface area (TPSA) is 92.9 Å². The fourth-order valence-electron chi connectivity index (χ4n) is 4.16. The summed E-state index contributed by atoms with van der Waals surface area (Å²) in [6.45, 7) is 4.62. The highest BCUT2D eigenvalue weighted by atomic mass is 32.1. The van der Waals surface area contributed by atoms with E-state index in [4.69, 9.17) is 9.15 Å². The summed E-state index contributed by atoms with van der Waals surface area (Å²) in [7, 11) is 0. The summed E-state index contributed by atoms with van der Waals surface area (Å²) >= 11 is 1.35. The molecule has 35 heavy (non-hydrogen) atoms. The number of Topliss-reactive ketones (excluding diaryl/α,β-unsaturated/α-hetero) is 1. The zero-order valence-corrected chi connectivity index (χ0v) is 20.2. The first-order chi connectivity index (χ1) is 17.0. The quantitative estimate of drug-likeness (QED) is 0.305. The van der Waals surface area contributed by atoms with Gasteiger partial charge in [0.05, 0.1) is 34.7 Å². The first-order valence-corrected chi connectivity index (χ1v) is 12.3. The maximum atomic E-state index is 13.4. The van der Waals surface area contributed by atoms with Crippen LogP contribution in [0.1, 0.15) is 48.0 Å². The molecule has 0 saturated carbocycles. The molecule has 1 N–H and O–H groups in total. The Balaban J connectivity index is 1.65. The minimum absolute atomic E-state index is 0.0430. The number of aromatic nitrogens is 1. The third-order valence-electron chi connectivity index (χ3n) is 5.90. The summed E-state index contributed by atoms with van der Waals surface area (Å²) in [4.78, 5) is 32.9. The molecule has 2 aromatic heterocycles. The van der Waals surface area contributed by atoms with E-state index in [1.165, 1.54) is 28.6 Å². The van der Waals surface area contributed by atoms with Crippen LogP contribution in [0, 0.1) is 0 Å². The molecule has 1 aliphatic heterocycles. The van der Waals surface area contributed by atoms with Gasteiger partial charge < -0.3 is 14.3 Å². The second kappa shape index (κ2) is 9.38. The van der Waals surface area contributed by atoms with Crippen molar-refractivity contribution in [2.45, 2.75) is 32.7 Å². The molecule has 1 aliphatic rings. The lowest BCUT2D eigenvalue weighted by atomic mass is 9.95. The van der Waals surface area contributed by atoms with Gasteiger partial charge in [-0.3, -0.25) is 14.5 Å². The van der Waals surface area contributed by atoms with Gasteiger partial charge in [-0.2, -0.15) is 0 Å². The van der Waals surface area contributed by atoms with Crippen LogP contribution < -0.4 is 9.64 Å². The molecule has 0 aliphatic carbocycles. The number of thiazole rings is 1. The van der Waals surface area contributed by atoms with E-state index in [2.05, 4.69) is 11.9 Å². The Bertz CT molecular complexity index is 1440. The lowest BCUT2D eigenvalue weighted by Gasteiger charge is -2.24. The highest BCUT2D eigenvalue weighted by Gasteiger charge is 2.46. The number of ether oxygens (including phenoxy) is 1. The number of anilines is 1. The Labute approximate surface area is 206 Å². The largest absolute Gasteiger partial charge is 0.503 e. The second-order valence-electron chi connectivity index (χ2n) is 8.22. The molecular weight excluding hydrogens is 464 g/mol. The van der Waals surface area contributed by atoms with Crippen LogP contribution in [0.2, 0.25) is 0 Å². The van der Waals surface area contributed by atoms with Crippen molar-refractivity contribution in [3.05, 3.63) is 89.1 Å². The summed E-state index contributed by atoms with van der Waals surface area (Å²) in [6.07, 6.45) is 3.10. The van der Waals surface area contributed by atoms with Gasteiger partial charge in [-0.25, -0.2) is 4.98 Å². The molecule has 2 aromatic carbocycles. The van der Waals surface area contributed by atoms with Gasteiger partial charge in [0.25, 0.3) is 5.91 Å². The Morgan fingerprint density at radius 2 is 2.03 bits per heavy atom. The number of nitrogens with zero attached hydrogens (tertiary/aromatic N) is 2. The molecule has 0 spiro atoms. The summed E-state index contributed by atoms with van der Waals surface area (Å²) < 4.78 is 12.0. The van der Waals surface area contributed by atoms with Gasteiger partial charge in [-0.15, -0.1) is 0 Å². The van der Waals surface area contributed by atoms with Crippen molar-refractivity contribution in [2.75, 3.05) is 11.5 Å². The van der Waals surface area contributed by atoms with Crippen molar-refractivity contribution in [2.24, 2.45) is 0 Å². The predicted octanol–water partition coefficient (Wildman–Crippen LogP) is 6.02. The molecule has 1 atom stereocenters. The number of aliphatic hydroxyl groups excluding tert-OH is 1. The van der Waals surface area contributed by atoms with Crippen LogP contribution in [0.15, 0.2) is 76.6 Å². The van der Waals surface area contributed by atoms with Crippen LogP contribution in [-0.4, -0.2) is 28.4 Å². The van der Waals surface area contributed by atoms with E-state index in [9.17, 15) is 14.7 Å². The number of carbonyl (C=O) groups excluding carboxylic acids is 2. The smallest absolute Gasteiger partial charge is 0.296 e. The monoisotopic (exact) mass is 488 g/mol. The molecule has 1 amide bonds. The SMILES string of the molecule is CCCOc1cccc([C@H]2C(C(=O)c3ccco3)=C(O)C(=O)N2c2nc3ccc(CC)cc3s2)c1. The number of hydrogen-bond acceptors (Lipinski definition) is 7. The van der Waals surface area contributed by atoms with Gasteiger partial charge in [-0.1, -0.05) is 43.4 Å². The van der Waals surface area contributed by atoms with E-state index in [1.54, 1.807) is 24.3 Å². The lowest BCUT2D eigenvalue weighted by molar-refractivity contribution is -0.117. The van der Waals surface area contributed by atoms with Crippen LogP contribution in [0.4, 0.5) is 5.13 Å². The number of ketones is 1. The third-order valence-corrected chi connectivity index (χ3v) is 6.92. The number of aryl methyl sites for hydroxylation is 1. The van der Waals surface area contributed by atoms with Crippen LogP contribution in [0.3, 0.4) is 0 Å². The van der Waals surface area contributed by atoms with Gasteiger partial charge in [0.15, 0.2) is 16.7 Å². The number of fused-ring (bicyclic) bond motifs is 1. The molecule has 5 rings (SSSR count). The molecule has 0 fully saturated rings. The fourth-order valence-corrected chi connectivity index (χ4v) is 5.22. The number of aliphatic hydroxyl groups is 1. The molecular formula is C27H24N2O5S. The van der Waals surface area contributed by atoms with E-state index in [0.29, 0.717) is 23.1 Å². The zero-order chi connectivity index (χ0) is 24.5. The zero-order valence-electron chi connectivity index (χ0n) is 19.4. The van der Waals surface area contributed by atoms with Gasteiger partial charge in [0.2, 0.25) is 5.78 Å². The maximum Gasteiger partial charge on any atom is 0.296 e. The van der Waals surface area contributed by atoms with Gasteiger partial charge >= 0.3 is 0 Å². The van der Waals surface area contributed by atoms with Crippen molar-refractivity contribution < 1.29 is 23.8 Å². The molecule has 178 valence electrons. The minimum Gasteiger partial charge on any atom is -0.503 e. The molecule has 0 saturated heterocycles. The standard InChI is InChI=1S/C27H24N2O5S/c1-3-12-33-18-8-5-7-17(15-18)23-22(24(30)20-9-6-13-34-20)25(31)26(32)29(23)27-28-19-11-10-16(4-2)14-21(19)35-27/h5-11,13-15,23,31H,3-4,12H2,1-2H3/t23-/m0/s1. The highest BCUT2D eigenvalue weighted by molar-refractivity contribution is 7.22. The van der Waals surface area contributed by atoms with E-state index in [-0.39, 0.29) is 11.3 Å². The summed E-state index contributed by atoms with van der Waals surface area (Å²) in [5.41, 5.74) is 2.48. The predicted molar refractivity (Wildman–Crippen MR) is 134 cm³/mol. The van der Waals surface area contributed by atoms with Crippen molar-refractivity contribution in [3.8, 4) is 5.75 Å². The number of hydrogen-bond donors (Lipinski definition) is 1. The number of benzene rings is 2. The van der Waals surface area contributed by atoms with E-state index >= 15 is 0 Å².